The Morgan fingerprint density at radius 3 is 3.05 bits per heavy atom. The van der Waals surface area contributed by atoms with Crippen LogP contribution in [-0.2, 0) is 9.59 Å². The second kappa shape index (κ2) is 7.22. The molecule has 0 spiro atoms. The number of imide groups is 1. The van der Waals surface area contributed by atoms with Crippen LogP contribution in [0.5, 0.6) is 0 Å². The lowest BCUT2D eigenvalue weighted by atomic mass is 9.95. The first-order valence-electron chi connectivity index (χ1n) is 7.36. The van der Waals surface area contributed by atoms with Gasteiger partial charge in [0.25, 0.3) is 0 Å². The lowest BCUT2D eigenvalue weighted by Gasteiger charge is -2.20. The van der Waals surface area contributed by atoms with Crippen molar-refractivity contribution in [3.05, 3.63) is 29.8 Å². The second-order valence-corrected chi connectivity index (χ2v) is 5.61. The number of nitrogens with one attached hydrogen (secondary N) is 1. The first-order valence-corrected chi connectivity index (χ1v) is 7.36. The van der Waals surface area contributed by atoms with Gasteiger partial charge in [0, 0.05) is 25.2 Å². The monoisotopic (exact) mass is 290 g/mol. The number of aliphatic hydroxyl groups is 1. The molecule has 1 aliphatic rings. The molecule has 1 fully saturated rings. The molecule has 114 valence electrons. The van der Waals surface area contributed by atoms with Crippen molar-refractivity contribution < 1.29 is 14.7 Å². The summed E-state index contributed by atoms with van der Waals surface area (Å²) in [7, 11) is 0. The highest BCUT2D eigenvalue weighted by Gasteiger charge is 2.20. The molecule has 0 aromatic heterocycles. The van der Waals surface area contributed by atoms with Crippen molar-refractivity contribution >= 4 is 18.0 Å². The molecule has 5 heteroatoms. The van der Waals surface area contributed by atoms with E-state index in [9.17, 15) is 14.7 Å². The molecule has 2 rings (SSSR count). The molecule has 0 bridgehead atoms. The molecule has 0 saturated carbocycles. The van der Waals surface area contributed by atoms with E-state index >= 15 is 0 Å². The lowest BCUT2D eigenvalue weighted by Crippen LogP contribution is -2.22. The highest BCUT2D eigenvalue weighted by atomic mass is 16.3. The number of hydrogen-bond acceptors (Lipinski definition) is 4. The molecule has 1 aromatic carbocycles. The van der Waals surface area contributed by atoms with E-state index in [1.165, 1.54) is 5.56 Å². The number of aliphatic hydroxyl groups excluding tert-OH is 1. The van der Waals surface area contributed by atoms with E-state index in [1.807, 2.05) is 12.1 Å². The molecule has 5 nitrogen and oxygen atoms in total. The fourth-order valence-corrected chi connectivity index (χ4v) is 2.66. The van der Waals surface area contributed by atoms with Gasteiger partial charge < -0.3 is 10.0 Å². The summed E-state index contributed by atoms with van der Waals surface area (Å²) in [4.78, 5) is 23.7. The van der Waals surface area contributed by atoms with Gasteiger partial charge in [-0.05, 0) is 36.5 Å². The molecule has 0 radical (unpaired) electrons. The zero-order valence-corrected chi connectivity index (χ0v) is 12.3. The highest BCUT2D eigenvalue weighted by molar-refractivity contribution is 5.85. The van der Waals surface area contributed by atoms with Gasteiger partial charge in [-0.15, -0.1) is 0 Å². The molecule has 1 saturated heterocycles. The minimum absolute atomic E-state index is 0.238. The summed E-state index contributed by atoms with van der Waals surface area (Å²) in [5, 5.41) is 11.8. The van der Waals surface area contributed by atoms with Crippen molar-refractivity contribution in [2.45, 2.75) is 38.2 Å². The van der Waals surface area contributed by atoms with E-state index in [2.05, 4.69) is 29.3 Å². The third kappa shape index (κ3) is 4.29. The summed E-state index contributed by atoms with van der Waals surface area (Å²) in [5.74, 6) is 0.00514. The Labute approximate surface area is 125 Å². The number of benzene rings is 1. The summed E-state index contributed by atoms with van der Waals surface area (Å²) >= 11 is 0. The number of rotatable bonds is 6. The number of nitrogens with zero attached hydrogens (tertiary/aromatic N) is 1. The molecule has 1 aliphatic heterocycles. The van der Waals surface area contributed by atoms with Crippen LogP contribution in [0.15, 0.2) is 24.3 Å². The Hall–Kier alpha value is -1.88. The molecular formula is C16H22N2O3. The molecular weight excluding hydrogens is 268 g/mol. The third-order valence-electron chi connectivity index (χ3n) is 3.99. The molecule has 21 heavy (non-hydrogen) atoms. The number of amides is 2. The normalized spacial score (nSPS) is 19.3. The van der Waals surface area contributed by atoms with Crippen molar-refractivity contribution in [1.82, 2.24) is 5.32 Å². The van der Waals surface area contributed by atoms with Gasteiger partial charge >= 0.3 is 0 Å². The van der Waals surface area contributed by atoms with Gasteiger partial charge in [0.05, 0.1) is 6.10 Å². The van der Waals surface area contributed by atoms with Crippen molar-refractivity contribution in [3.8, 4) is 0 Å². The zero-order chi connectivity index (χ0) is 15.2. The maximum absolute atomic E-state index is 11.3. The molecule has 0 aliphatic carbocycles. The van der Waals surface area contributed by atoms with E-state index in [-0.39, 0.29) is 17.9 Å². The maximum atomic E-state index is 11.3. The van der Waals surface area contributed by atoms with Crippen molar-refractivity contribution in [2.75, 3.05) is 18.0 Å². The lowest BCUT2D eigenvalue weighted by molar-refractivity contribution is -0.125. The van der Waals surface area contributed by atoms with Gasteiger partial charge in [0.15, 0.2) is 0 Å². The van der Waals surface area contributed by atoms with Gasteiger partial charge in [-0.25, -0.2) is 0 Å². The van der Waals surface area contributed by atoms with Crippen molar-refractivity contribution in [1.29, 1.82) is 0 Å². The Balaban J connectivity index is 1.96. The van der Waals surface area contributed by atoms with Crippen LogP contribution in [0, 0.1) is 0 Å². The van der Waals surface area contributed by atoms with Gasteiger partial charge in [-0.3, -0.25) is 14.9 Å². The molecule has 2 N–H and O–H groups in total. The average molecular weight is 290 g/mol. The predicted octanol–water partition coefficient (Wildman–Crippen LogP) is 1.41. The molecule has 2 unspecified atom stereocenters. The van der Waals surface area contributed by atoms with Crippen LogP contribution in [0.1, 0.15) is 37.7 Å². The number of hydrogen-bond donors (Lipinski definition) is 2. The SMILES string of the molecule is CC(CCC(=O)NC=O)c1cccc(N2CCC(O)C2)c1. The third-order valence-corrected chi connectivity index (χ3v) is 3.99. The van der Waals surface area contributed by atoms with E-state index in [1.54, 1.807) is 0 Å². The quantitative estimate of drug-likeness (QED) is 0.777. The minimum atomic E-state index is -0.240. The Bertz CT molecular complexity index is 504. The highest BCUT2D eigenvalue weighted by Crippen LogP contribution is 2.27. The van der Waals surface area contributed by atoms with Crippen LogP contribution in [-0.4, -0.2) is 36.6 Å². The summed E-state index contributed by atoms with van der Waals surface area (Å²) in [6, 6.07) is 8.24. The van der Waals surface area contributed by atoms with Crippen LogP contribution >= 0.6 is 0 Å². The first-order chi connectivity index (χ1) is 10.1. The summed E-state index contributed by atoms with van der Waals surface area (Å²) in [5.41, 5.74) is 2.29. The fraction of sp³-hybridized carbons (Fsp3) is 0.500. The fourth-order valence-electron chi connectivity index (χ4n) is 2.66. The maximum Gasteiger partial charge on any atom is 0.226 e. The summed E-state index contributed by atoms with van der Waals surface area (Å²) in [6.07, 6.45) is 2.04. The zero-order valence-electron chi connectivity index (χ0n) is 12.3. The van der Waals surface area contributed by atoms with Gasteiger partial charge in [0.1, 0.15) is 0 Å². The van der Waals surface area contributed by atoms with Crippen LogP contribution in [0.2, 0.25) is 0 Å². The van der Waals surface area contributed by atoms with E-state index in [4.69, 9.17) is 0 Å². The van der Waals surface area contributed by atoms with Gasteiger partial charge in [0.2, 0.25) is 12.3 Å². The summed E-state index contributed by atoms with van der Waals surface area (Å²) < 4.78 is 0. The predicted molar refractivity (Wildman–Crippen MR) is 81.1 cm³/mol. The van der Waals surface area contributed by atoms with Crippen molar-refractivity contribution in [2.24, 2.45) is 0 Å². The smallest absolute Gasteiger partial charge is 0.226 e. The number of anilines is 1. The van der Waals surface area contributed by atoms with E-state index < -0.39 is 0 Å². The van der Waals surface area contributed by atoms with Crippen LogP contribution in [0.4, 0.5) is 5.69 Å². The number of carbonyl (C=O) groups excluding carboxylic acids is 2. The number of carbonyl (C=O) groups is 2. The number of β-amino-alcohol motifs (C(OH)–C–C–N with tert-alkyl or cyclic N) is 1. The topological polar surface area (TPSA) is 69.6 Å². The molecule has 2 amide bonds. The Morgan fingerprint density at radius 1 is 1.57 bits per heavy atom. The largest absolute Gasteiger partial charge is 0.391 e. The Morgan fingerprint density at radius 2 is 2.38 bits per heavy atom. The van der Waals surface area contributed by atoms with E-state index in [0.29, 0.717) is 25.8 Å². The first kappa shape index (κ1) is 15.5. The van der Waals surface area contributed by atoms with E-state index in [0.717, 1.165) is 18.7 Å². The minimum Gasteiger partial charge on any atom is -0.391 e. The standard InChI is InChI=1S/C16H22N2O3/c1-12(5-6-16(21)17-11-19)13-3-2-4-14(9-13)18-8-7-15(20)10-18/h2-4,9,11-12,15,20H,5-8,10H2,1H3,(H,17,19,21). The van der Waals surface area contributed by atoms with Crippen LogP contribution in [0.25, 0.3) is 0 Å². The molecule has 1 heterocycles. The van der Waals surface area contributed by atoms with Crippen molar-refractivity contribution in [3.63, 3.8) is 0 Å². The average Bonchev–Trinajstić information content (AvgIpc) is 2.92. The summed E-state index contributed by atoms with van der Waals surface area (Å²) in [6.45, 7) is 3.63. The Kier molecular flexibility index (Phi) is 5.33. The van der Waals surface area contributed by atoms with Crippen LogP contribution < -0.4 is 10.2 Å². The van der Waals surface area contributed by atoms with Gasteiger partial charge in [-0.1, -0.05) is 19.1 Å². The second-order valence-electron chi connectivity index (χ2n) is 5.61. The molecule has 1 aromatic rings. The molecule has 2 atom stereocenters. The van der Waals surface area contributed by atoms with Crippen LogP contribution in [0.3, 0.4) is 0 Å². The van der Waals surface area contributed by atoms with Gasteiger partial charge in [-0.2, -0.15) is 0 Å².